The number of nitrogens with one attached hydrogen (secondary N) is 1. The number of hydrogen-bond donors (Lipinski definition) is 1. The lowest BCUT2D eigenvalue weighted by Crippen LogP contribution is -2.17. The molecule has 20 heavy (non-hydrogen) atoms. The van der Waals surface area contributed by atoms with Crippen molar-refractivity contribution in [3.05, 3.63) is 40.8 Å². The minimum absolute atomic E-state index is 0. The number of rotatable bonds is 5. The maximum Gasteiger partial charge on any atom is 0.318 e. The summed E-state index contributed by atoms with van der Waals surface area (Å²) >= 11 is 0. The van der Waals surface area contributed by atoms with Crippen LogP contribution in [0.1, 0.15) is 22.6 Å². The first-order valence-corrected chi connectivity index (χ1v) is 6.35. The van der Waals surface area contributed by atoms with E-state index in [-0.39, 0.29) is 12.4 Å². The predicted molar refractivity (Wildman–Crippen MR) is 82.3 cm³/mol. The zero-order valence-corrected chi connectivity index (χ0v) is 13.1. The molecule has 5 nitrogen and oxygen atoms in total. The van der Waals surface area contributed by atoms with Gasteiger partial charge in [0.1, 0.15) is 0 Å². The molecular formula is C14H21ClN4O. The highest BCUT2D eigenvalue weighted by atomic mass is 35.5. The normalized spacial score (nSPS) is 10.2. The molecule has 0 aliphatic heterocycles. The summed E-state index contributed by atoms with van der Waals surface area (Å²) in [6, 6.07) is 6.87. The molecule has 0 spiro atoms. The summed E-state index contributed by atoms with van der Waals surface area (Å²) < 4.78 is 5.57. The monoisotopic (exact) mass is 296 g/mol. The van der Waals surface area contributed by atoms with Crippen molar-refractivity contribution < 1.29 is 4.42 Å². The number of aryl methyl sites for hydroxylation is 1. The lowest BCUT2D eigenvalue weighted by molar-refractivity contribution is 0.475. The molecule has 1 aromatic carbocycles. The molecule has 0 unspecified atom stereocenters. The van der Waals surface area contributed by atoms with Crippen molar-refractivity contribution in [3.8, 4) is 0 Å². The Morgan fingerprint density at radius 3 is 2.70 bits per heavy atom. The van der Waals surface area contributed by atoms with E-state index >= 15 is 0 Å². The second kappa shape index (κ2) is 7.26. The first-order chi connectivity index (χ1) is 9.11. The Morgan fingerprint density at radius 2 is 2.00 bits per heavy atom. The van der Waals surface area contributed by atoms with Crippen LogP contribution < -0.4 is 10.2 Å². The molecule has 1 heterocycles. The van der Waals surface area contributed by atoms with Crippen LogP contribution in [-0.2, 0) is 13.1 Å². The first-order valence-electron chi connectivity index (χ1n) is 6.35. The van der Waals surface area contributed by atoms with Crippen LogP contribution >= 0.6 is 12.4 Å². The minimum Gasteiger partial charge on any atom is -0.407 e. The molecule has 2 aromatic rings. The van der Waals surface area contributed by atoms with E-state index in [0.29, 0.717) is 18.5 Å². The van der Waals surface area contributed by atoms with Gasteiger partial charge in [-0.05, 0) is 37.6 Å². The van der Waals surface area contributed by atoms with Gasteiger partial charge in [0.15, 0.2) is 0 Å². The molecule has 1 N–H and O–H groups in total. The van der Waals surface area contributed by atoms with Gasteiger partial charge in [-0.25, -0.2) is 0 Å². The lowest BCUT2D eigenvalue weighted by atomic mass is 10.0. The van der Waals surface area contributed by atoms with Crippen LogP contribution in [0.15, 0.2) is 22.6 Å². The van der Waals surface area contributed by atoms with E-state index in [4.69, 9.17) is 4.42 Å². The van der Waals surface area contributed by atoms with Crippen molar-refractivity contribution in [3.63, 3.8) is 0 Å². The Hall–Kier alpha value is -1.59. The molecule has 0 saturated carbocycles. The van der Waals surface area contributed by atoms with Gasteiger partial charge in [-0.15, -0.1) is 17.5 Å². The second-order valence-electron chi connectivity index (χ2n) is 4.72. The summed E-state index contributed by atoms with van der Waals surface area (Å²) in [6.07, 6.45) is 0. The Kier molecular flexibility index (Phi) is 5.98. The Labute approximate surface area is 125 Å². The van der Waals surface area contributed by atoms with Crippen LogP contribution in [0.25, 0.3) is 0 Å². The molecule has 2 rings (SSSR count). The van der Waals surface area contributed by atoms with Crippen LogP contribution in [0.2, 0.25) is 0 Å². The average molecular weight is 297 g/mol. The molecule has 0 bridgehead atoms. The molecule has 0 fully saturated rings. The highest BCUT2D eigenvalue weighted by Gasteiger charge is 2.12. The maximum atomic E-state index is 5.57. The number of benzene rings is 1. The van der Waals surface area contributed by atoms with Crippen molar-refractivity contribution in [1.82, 2.24) is 15.5 Å². The van der Waals surface area contributed by atoms with Crippen LogP contribution in [0, 0.1) is 13.8 Å². The highest BCUT2D eigenvalue weighted by molar-refractivity contribution is 5.85. The third-order valence-corrected chi connectivity index (χ3v) is 3.24. The van der Waals surface area contributed by atoms with Gasteiger partial charge in [0, 0.05) is 13.6 Å². The standard InChI is InChI=1S/C14H20N4O.ClH/c1-10-6-5-7-12(11(10)2)9-18(4)14-17-16-13(19-14)8-15-3;/h5-7,15H,8-9H2,1-4H3;1H. The summed E-state index contributed by atoms with van der Waals surface area (Å²) in [4.78, 5) is 1.97. The van der Waals surface area contributed by atoms with Gasteiger partial charge in [0.2, 0.25) is 5.89 Å². The quantitative estimate of drug-likeness (QED) is 0.918. The average Bonchev–Trinajstić information content (AvgIpc) is 2.84. The fraction of sp³-hybridized carbons (Fsp3) is 0.429. The highest BCUT2D eigenvalue weighted by Crippen LogP contribution is 2.18. The van der Waals surface area contributed by atoms with E-state index in [1.54, 1.807) is 0 Å². The third kappa shape index (κ3) is 3.71. The van der Waals surface area contributed by atoms with Crippen molar-refractivity contribution in [2.45, 2.75) is 26.9 Å². The molecule has 0 amide bonds. The van der Waals surface area contributed by atoms with E-state index in [1.807, 2.05) is 19.0 Å². The zero-order valence-electron chi connectivity index (χ0n) is 12.3. The van der Waals surface area contributed by atoms with Crippen LogP contribution in [0.5, 0.6) is 0 Å². The molecule has 0 aliphatic carbocycles. The summed E-state index contributed by atoms with van der Waals surface area (Å²) in [5, 5.41) is 11.0. The Morgan fingerprint density at radius 1 is 1.25 bits per heavy atom. The van der Waals surface area contributed by atoms with E-state index in [0.717, 1.165) is 6.54 Å². The fourth-order valence-corrected chi connectivity index (χ4v) is 1.93. The number of anilines is 1. The first kappa shape index (κ1) is 16.5. The van der Waals surface area contributed by atoms with Gasteiger partial charge in [0.25, 0.3) is 0 Å². The summed E-state index contributed by atoms with van der Waals surface area (Å²) in [5.74, 6) is 0.602. The summed E-state index contributed by atoms with van der Waals surface area (Å²) in [5.41, 5.74) is 3.88. The van der Waals surface area contributed by atoms with Crippen LogP contribution in [0.3, 0.4) is 0 Å². The fourth-order valence-electron chi connectivity index (χ4n) is 1.93. The van der Waals surface area contributed by atoms with Gasteiger partial charge in [-0.1, -0.05) is 23.3 Å². The van der Waals surface area contributed by atoms with Crippen LogP contribution in [-0.4, -0.2) is 24.3 Å². The summed E-state index contributed by atoms with van der Waals surface area (Å²) in [6.45, 7) is 5.61. The Balaban J connectivity index is 0.00000200. The molecule has 110 valence electrons. The van der Waals surface area contributed by atoms with E-state index < -0.39 is 0 Å². The van der Waals surface area contributed by atoms with Crippen LogP contribution in [0.4, 0.5) is 6.01 Å². The van der Waals surface area contributed by atoms with Crippen molar-refractivity contribution in [2.75, 3.05) is 19.0 Å². The van der Waals surface area contributed by atoms with E-state index in [1.165, 1.54) is 16.7 Å². The molecule has 0 atom stereocenters. The molecule has 0 radical (unpaired) electrons. The van der Waals surface area contributed by atoms with Crippen molar-refractivity contribution in [2.24, 2.45) is 0 Å². The topological polar surface area (TPSA) is 54.2 Å². The molecular weight excluding hydrogens is 276 g/mol. The largest absolute Gasteiger partial charge is 0.407 e. The molecule has 0 aliphatic rings. The number of hydrogen-bond acceptors (Lipinski definition) is 5. The minimum atomic E-state index is 0. The second-order valence-corrected chi connectivity index (χ2v) is 4.72. The molecule has 1 aromatic heterocycles. The zero-order chi connectivity index (χ0) is 13.8. The smallest absolute Gasteiger partial charge is 0.318 e. The van der Waals surface area contributed by atoms with Crippen molar-refractivity contribution in [1.29, 1.82) is 0 Å². The predicted octanol–water partition coefficient (Wildman–Crippen LogP) is 2.46. The van der Waals surface area contributed by atoms with Gasteiger partial charge in [-0.2, -0.15) is 0 Å². The number of nitrogens with zero attached hydrogens (tertiary/aromatic N) is 3. The van der Waals surface area contributed by atoms with E-state index in [2.05, 4.69) is 47.6 Å². The molecule has 0 saturated heterocycles. The maximum absolute atomic E-state index is 5.57. The van der Waals surface area contributed by atoms with Gasteiger partial charge >= 0.3 is 6.01 Å². The summed E-state index contributed by atoms with van der Waals surface area (Å²) in [7, 11) is 3.81. The number of aromatic nitrogens is 2. The van der Waals surface area contributed by atoms with Gasteiger partial charge in [0.05, 0.1) is 6.54 Å². The van der Waals surface area contributed by atoms with E-state index in [9.17, 15) is 0 Å². The molecule has 6 heteroatoms. The number of halogens is 1. The SMILES string of the molecule is CNCc1nnc(N(C)Cc2cccc(C)c2C)o1.Cl. The lowest BCUT2D eigenvalue weighted by Gasteiger charge is -2.16. The Bertz CT molecular complexity index is 556. The van der Waals surface area contributed by atoms with Crippen molar-refractivity contribution >= 4 is 18.4 Å². The third-order valence-electron chi connectivity index (χ3n) is 3.24. The van der Waals surface area contributed by atoms with Gasteiger partial charge in [-0.3, -0.25) is 0 Å². The van der Waals surface area contributed by atoms with Gasteiger partial charge < -0.3 is 14.6 Å².